The van der Waals surface area contributed by atoms with Crippen LogP contribution in [0.25, 0.3) is 21.7 Å². The van der Waals surface area contributed by atoms with E-state index in [9.17, 15) is 24.8 Å². The average Bonchev–Trinajstić information content (AvgIpc) is 4.00. The zero-order chi connectivity index (χ0) is 47.0. The average molecular weight is 922 g/mol. The van der Waals surface area contributed by atoms with Gasteiger partial charge in [0.25, 0.3) is 0 Å². The number of ether oxygens (including phenoxy) is 1. The molecule has 5 aromatic rings. The summed E-state index contributed by atoms with van der Waals surface area (Å²) in [7, 11) is 0. The van der Waals surface area contributed by atoms with Crippen molar-refractivity contribution < 1.29 is 24.2 Å². The van der Waals surface area contributed by atoms with Crippen LogP contribution in [0.4, 0.5) is 11.4 Å². The fourth-order valence-electron chi connectivity index (χ4n) is 8.26. The van der Waals surface area contributed by atoms with Gasteiger partial charge in [-0.1, -0.05) is 68.8 Å². The Morgan fingerprint density at radius 1 is 1.02 bits per heavy atom. The number of nitriles is 1. The van der Waals surface area contributed by atoms with Gasteiger partial charge in [-0.15, -0.1) is 11.3 Å². The maximum atomic E-state index is 14.1. The molecule has 344 valence electrons. The molecule has 0 saturated carbocycles. The van der Waals surface area contributed by atoms with E-state index in [2.05, 4.69) is 71.8 Å². The van der Waals surface area contributed by atoms with Crippen molar-refractivity contribution in [1.82, 2.24) is 30.3 Å². The molecule has 65 heavy (non-hydrogen) atoms. The lowest BCUT2D eigenvalue weighted by Crippen LogP contribution is -2.58. The highest BCUT2D eigenvalue weighted by Crippen LogP contribution is 2.35. The second-order valence-electron chi connectivity index (χ2n) is 17.9. The van der Waals surface area contributed by atoms with E-state index in [-0.39, 0.29) is 31.5 Å². The van der Waals surface area contributed by atoms with Gasteiger partial charge in [0.15, 0.2) is 0 Å². The number of hydrogen-bond donors (Lipinski definition) is 3. The summed E-state index contributed by atoms with van der Waals surface area (Å²) in [6.45, 7) is 17.3. The van der Waals surface area contributed by atoms with Crippen LogP contribution < -0.4 is 15.5 Å². The number of rotatable bonds is 18. The van der Waals surface area contributed by atoms with Crippen LogP contribution in [-0.2, 0) is 25.7 Å². The van der Waals surface area contributed by atoms with Gasteiger partial charge in [-0.3, -0.25) is 19.1 Å². The molecule has 0 aliphatic carbocycles. The molecule has 4 atom stereocenters. The number of aromatic nitrogens is 3. The summed E-state index contributed by atoms with van der Waals surface area (Å²) < 4.78 is 7.72. The summed E-state index contributed by atoms with van der Waals surface area (Å²) in [5.41, 5.74) is 10.6. The lowest BCUT2D eigenvalue weighted by Gasteiger charge is -2.35. The SMILES string of the molecule is CCN(c1ccc(C#N)c(Cl)c1)c1cc(-c2nn(CCCCCOCC(=O)N[C@H](C(=O)N3C[C@H](O)C[C@H]3C(=O)N[C@@H](C)c3ccc(-c4scnc4C)cc3)C(C)(C)C)cc2C)ccc1C. The van der Waals surface area contributed by atoms with Crippen molar-refractivity contribution in [2.75, 3.05) is 31.2 Å². The summed E-state index contributed by atoms with van der Waals surface area (Å²) in [4.78, 5) is 49.9. The van der Waals surface area contributed by atoms with Gasteiger partial charge in [0.2, 0.25) is 17.7 Å². The molecule has 6 rings (SSSR count). The van der Waals surface area contributed by atoms with Crippen molar-refractivity contribution in [3.8, 4) is 27.8 Å². The lowest BCUT2D eigenvalue weighted by molar-refractivity contribution is -0.144. The Morgan fingerprint density at radius 2 is 1.75 bits per heavy atom. The highest BCUT2D eigenvalue weighted by Gasteiger charge is 2.44. The number of halogens is 1. The minimum Gasteiger partial charge on any atom is -0.391 e. The van der Waals surface area contributed by atoms with Crippen molar-refractivity contribution in [3.05, 3.63) is 105 Å². The molecule has 0 unspecified atom stereocenters. The minimum absolute atomic E-state index is 0.00573. The number of β-amino-alcohol motifs (C(OH)–C–C–N with tert-alkyl or cyclic N) is 1. The van der Waals surface area contributed by atoms with Crippen LogP contribution in [-0.4, -0.2) is 87.0 Å². The minimum atomic E-state index is -0.944. The van der Waals surface area contributed by atoms with Crippen molar-refractivity contribution in [2.24, 2.45) is 5.41 Å². The second kappa shape index (κ2) is 21.6. The summed E-state index contributed by atoms with van der Waals surface area (Å²) in [6.07, 6.45) is 3.77. The number of hydrogen-bond acceptors (Lipinski definition) is 10. The predicted octanol–water partition coefficient (Wildman–Crippen LogP) is 8.84. The molecule has 0 radical (unpaired) electrons. The van der Waals surface area contributed by atoms with Gasteiger partial charge in [-0.25, -0.2) is 4.98 Å². The Hall–Kier alpha value is -5.59. The number of unbranched alkanes of at least 4 members (excludes halogenated alkanes) is 2. The van der Waals surface area contributed by atoms with Crippen LogP contribution in [0.2, 0.25) is 5.02 Å². The van der Waals surface area contributed by atoms with Crippen LogP contribution in [0, 0.1) is 37.5 Å². The highest BCUT2D eigenvalue weighted by atomic mass is 35.5. The molecule has 3 heterocycles. The molecule has 3 amide bonds. The largest absolute Gasteiger partial charge is 0.391 e. The zero-order valence-corrected chi connectivity index (χ0v) is 40.2. The number of anilines is 2. The standard InChI is InChI=1S/C50H61ClN8O5S/c1-9-58(39-20-19-38(26-52)41(51)24-39)42-23-37(14-13-31(42)2)45-32(3)27-57(56-45)21-11-10-12-22-64-29-44(61)55-47(50(6,7)8)49(63)59-28-40(60)25-43(59)48(62)54-33(4)35-15-17-36(18-16-35)46-34(5)53-30-65-46/h13-20,23-24,27,30,33,40,43,47,60H,9-12,21-22,25,28-29H2,1-8H3,(H,54,62)(H,55,61)/t33-,40+,43-,47+/m0/s1. The normalized spacial score (nSPS) is 15.9. The molecular weight excluding hydrogens is 860 g/mol. The molecule has 3 aromatic carbocycles. The van der Waals surface area contributed by atoms with E-state index in [0.29, 0.717) is 23.7 Å². The molecule has 1 aliphatic heterocycles. The Labute approximate surface area is 391 Å². The number of nitrogens with zero attached hydrogens (tertiary/aromatic N) is 6. The van der Waals surface area contributed by atoms with Gasteiger partial charge in [-0.05, 0) is 106 Å². The maximum absolute atomic E-state index is 14.1. The highest BCUT2D eigenvalue weighted by molar-refractivity contribution is 7.13. The number of aliphatic hydroxyl groups excluding tert-OH is 1. The molecular formula is C50H61ClN8O5S. The van der Waals surface area contributed by atoms with Crippen molar-refractivity contribution in [1.29, 1.82) is 5.26 Å². The molecule has 3 N–H and O–H groups in total. The first-order chi connectivity index (χ1) is 31.0. The number of carbonyl (C=O) groups excluding carboxylic acids is 3. The summed E-state index contributed by atoms with van der Waals surface area (Å²) in [6, 6.07) is 19.8. The number of aryl methyl sites for hydroxylation is 4. The number of carbonyl (C=O) groups is 3. The van der Waals surface area contributed by atoms with Crippen LogP contribution >= 0.6 is 22.9 Å². The van der Waals surface area contributed by atoms with E-state index in [1.807, 2.05) is 81.2 Å². The first-order valence-electron chi connectivity index (χ1n) is 22.3. The number of likely N-dealkylation sites (tertiary alicyclic amines) is 1. The fourth-order valence-corrected chi connectivity index (χ4v) is 9.29. The van der Waals surface area contributed by atoms with Gasteiger partial charge >= 0.3 is 0 Å². The Kier molecular flexibility index (Phi) is 16.2. The summed E-state index contributed by atoms with van der Waals surface area (Å²) in [5, 5.41) is 31.3. The van der Waals surface area contributed by atoms with Gasteiger partial charge in [0.1, 0.15) is 24.8 Å². The second-order valence-corrected chi connectivity index (χ2v) is 19.2. The zero-order valence-electron chi connectivity index (χ0n) is 38.7. The van der Waals surface area contributed by atoms with E-state index in [1.165, 1.54) is 4.90 Å². The Balaban J connectivity index is 0.961. The molecule has 0 spiro atoms. The van der Waals surface area contributed by atoms with Crippen molar-refractivity contribution in [3.63, 3.8) is 0 Å². The fraction of sp³-hybridized carbons (Fsp3) is 0.440. The monoisotopic (exact) mass is 920 g/mol. The van der Waals surface area contributed by atoms with E-state index in [4.69, 9.17) is 21.4 Å². The Bertz CT molecular complexity index is 2510. The van der Waals surface area contributed by atoms with E-state index >= 15 is 0 Å². The molecule has 2 aromatic heterocycles. The van der Waals surface area contributed by atoms with Crippen LogP contribution in [0.5, 0.6) is 0 Å². The summed E-state index contributed by atoms with van der Waals surface area (Å²) >= 11 is 7.97. The topological polar surface area (TPSA) is 166 Å². The van der Waals surface area contributed by atoms with Crippen LogP contribution in [0.3, 0.4) is 0 Å². The van der Waals surface area contributed by atoms with Crippen molar-refractivity contribution >= 4 is 52.0 Å². The molecule has 13 nitrogen and oxygen atoms in total. The quantitative estimate of drug-likeness (QED) is 0.0729. The number of aliphatic hydroxyl groups is 1. The third kappa shape index (κ3) is 12.0. The molecule has 1 aliphatic rings. The third-order valence-corrected chi connectivity index (χ3v) is 13.2. The van der Waals surface area contributed by atoms with Gasteiger partial charge < -0.3 is 30.3 Å². The predicted molar refractivity (Wildman–Crippen MR) is 257 cm³/mol. The van der Waals surface area contributed by atoms with Crippen LogP contribution in [0.1, 0.15) is 94.3 Å². The molecule has 1 saturated heterocycles. The third-order valence-electron chi connectivity index (χ3n) is 11.9. The van der Waals surface area contributed by atoms with Crippen molar-refractivity contribution in [2.45, 2.75) is 112 Å². The molecule has 0 bridgehead atoms. The smallest absolute Gasteiger partial charge is 0.246 e. The Morgan fingerprint density at radius 3 is 2.42 bits per heavy atom. The van der Waals surface area contributed by atoms with Gasteiger partial charge in [-0.2, -0.15) is 10.4 Å². The van der Waals surface area contributed by atoms with Gasteiger partial charge in [0, 0.05) is 55.8 Å². The number of amides is 3. The number of nitrogens with one attached hydrogen (secondary N) is 2. The lowest BCUT2D eigenvalue weighted by atomic mass is 9.85. The molecule has 15 heteroatoms. The number of benzene rings is 3. The maximum Gasteiger partial charge on any atom is 0.246 e. The van der Waals surface area contributed by atoms with E-state index in [1.54, 1.807) is 17.4 Å². The van der Waals surface area contributed by atoms with Crippen LogP contribution in [0.15, 0.2) is 72.4 Å². The summed E-state index contributed by atoms with van der Waals surface area (Å²) in [5.74, 6) is -1.20. The van der Waals surface area contributed by atoms with Gasteiger partial charge in [0.05, 0.1) is 44.5 Å². The van der Waals surface area contributed by atoms with E-state index < -0.39 is 35.4 Å². The number of thiazole rings is 1. The van der Waals surface area contributed by atoms with E-state index in [0.717, 1.165) is 81.3 Å². The first-order valence-corrected chi connectivity index (χ1v) is 23.5. The molecule has 1 fully saturated rings. The first kappa shape index (κ1) is 48.9.